The van der Waals surface area contributed by atoms with E-state index in [9.17, 15) is 8.78 Å². The molecule has 0 saturated carbocycles. The fourth-order valence-corrected chi connectivity index (χ4v) is 1.22. The van der Waals surface area contributed by atoms with E-state index in [4.69, 9.17) is 22.1 Å². The lowest BCUT2D eigenvalue weighted by atomic mass is 10.3. The highest BCUT2D eigenvalue weighted by molar-refractivity contribution is 6.28. The molecule has 0 aliphatic rings. The summed E-state index contributed by atoms with van der Waals surface area (Å²) in [5.41, 5.74) is 5.57. The molecule has 88 valence electrons. The first-order valence-corrected chi connectivity index (χ1v) is 4.85. The van der Waals surface area contributed by atoms with E-state index < -0.39 is 11.6 Å². The molecule has 0 saturated heterocycles. The summed E-state index contributed by atoms with van der Waals surface area (Å²) < 4.78 is 31.2. The summed E-state index contributed by atoms with van der Waals surface area (Å²) in [5, 5.41) is -0.106. The summed E-state index contributed by atoms with van der Waals surface area (Å²) in [5.74, 6) is -1.83. The molecule has 0 spiro atoms. The molecule has 0 amide bonds. The van der Waals surface area contributed by atoms with Crippen molar-refractivity contribution in [1.29, 1.82) is 0 Å². The molecule has 0 aliphatic heterocycles. The van der Waals surface area contributed by atoms with E-state index in [-0.39, 0.29) is 22.6 Å². The predicted octanol–water partition coefficient (Wildman–Crippen LogP) is 2.78. The normalized spacial score (nSPS) is 10.3. The first kappa shape index (κ1) is 11.5. The molecule has 2 N–H and O–H groups in total. The summed E-state index contributed by atoms with van der Waals surface area (Å²) >= 11 is 5.53. The number of hydrogen-bond acceptors (Lipinski definition) is 4. The highest BCUT2D eigenvalue weighted by Crippen LogP contribution is 2.28. The zero-order valence-corrected chi connectivity index (χ0v) is 9.08. The zero-order chi connectivity index (χ0) is 12.4. The summed E-state index contributed by atoms with van der Waals surface area (Å²) in [6.45, 7) is 0. The minimum absolute atomic E-state index is 0.0676. The van der Waals surface area contributed by atoms with E-state index in [1.165, 1.54) is 6.20 Å². The molecule has 0 bridgehead atoms. The quantitative estimate of drug-likeness (QED) is 0.841. The second kappa shape index (κ2) is 4.50. The van der Waals surface area contributed by atoms with Gasteiger partial charge in [-0.05, 0) is 23.7 Å². The maximum Gasteiger partial charge on any atom is 0.247 e. The van der Waals surface area contributed by atoms with Crippen LogP contribution >= 0.6 is 11.6 Å². The van der Waals surface area contributed by atoms with Crippen molar-refractivity contribution in [3.8, 4) is 11.6 Å². The summed E-state index contributed by atoms with van der Waals surface area (Å²) in [7, 11) is 0. The number of nitrogens with two attached hydrogens (primary N) is 1. The van der Waals surface area contributed by atoms with Crippen LogP contribution in [-0.2, 0) is 0 Å². The minimum atomic E-state index is -0.736. The lowest BCUT2D eigenvalue weighted by Crippen LogP contribution is -1.98. The Hall–Kier alpha value is -1.95. The molecular formula is C10H6ClF2N3O. The van der Waals surface area contributed by atoms with Gasteiger partial charge in [0.05, 0.1) is 6.20 Å². The van der Waals surface area contributed by atoms with Gasteiger partial charge in [0, 0.05) is 6.07 Å². The van der Waals surface area contributed by atoms with Crippen LogP contribution in [0.3, 0.4) is 0 Å². The van der Waals surface area contributed by atoms with Crippen molar-refractivity contribution in [3.63, 3.8) is 0 Å². The van der Waals surface area contributed by atoms with Gasteiger partial charge in [-0.3, -0.25) is 0 Å². The fraction of sp³-hybridized carbons (Fsp3) is 0. The van der Waals surface area contributed by atoms with E-state index in [1.807, 2.05) is 0 Å². The van der Waals surface area contributed by atoms with E-state index in [1.54, 1.807) is 0 Å². The lowest BCUT2D eigenvalue weighted by Gasteiger charge is -2.07. The Morgan fingerprint density at radius 2 is 2.06 bits per heavy atom. The van der Waals surface area contributed by atoms with E-state index in [0.29, 0.717) is 0 Å². The summed E-state index contributed by atoms with van der Waals surface area (Å²) in [4.78, 5) is 7.26. The van der Waals surface area contributed by atoms with Gasteiger partial charge in [0.1, 0.15) is 11.5 Å². The van der Waals surface area contributed by atoms with Crippen molar-refractivity contribution in [2.24, 2.45) is 0 Å². The van der Waals surface area contributed by atoms with Crippen LogP contribution in [0.4, 0.5) is 14.5 Å². The Labute approximate surface area is 100 Å². The van der Waals surface area contributed by atoms with E-state index in [0.717, 1.165) is 18.2 Å². The van der Waals surface area contributed by atoms with E-state index >= 15 is 0 Å². The van der Waals surface area contributed by atoms with Gasteiger partial charge in [-0.1, -0.05) is 0 Å². The predicted molar refractivity (Wildman–Crippen MR) is 57.9 cm³/mol. The third kappa shape index (κ3) is 2.59. The second-order valence-corrected chi connectivity index (χ2v) is 3.41. The average Bonchev–Trinajstić information content (AvgIpc) is 2.28. The second-order valence-electron chi connectivity index (χ2n) is 3.08. The molecule has 1 heterocycles. The molecular weight excluding hydrogens is 252 g/mol. The van der Waals surface area contributed by atoms with Crippen molar-refractivity contribution in [2.75, 3.05) is 5.73 Å². The summed E-state index contributed by atoms with van der Waals surface area (Å²) in [6, 6.07) is 2.78. The standard InChI is InChI=1S/C10H6ClF2N3O/c11-10-15-4-7(14)9(16-10)17-8-3-5(12)1-2-6(8)13/h1-4H,14H2. The van der Waals surface area contributed by atoms with Gasteiger partial charge < -0.3 is 10.5 Å². The van der Waals surface area contributed by atoms with Crippen molar-refractivity contribution in [2.45, 2.75) is 0 Å². The van der Waals surface area contributed by atoms with Crippen LogP contribution < -0.4 is 10.5 Å². The van der Waals surface area contributed by atoms with Gasteiger partial charge in [0.2, 0.25) is 11.2 Å². The van der Waals surface area contributed by atoms with Gasteiger partial charge in [-0.2, -0.15) is 4.98 Å². The molecule has 2 aromatic rings. The number of hydrogen-bond donors (Lipinski definition) is 1. The van der Waals surface area contributed by atoms with Gasteiger partial charge in [-0.15, -0.1) is 0 Å². The van der Waals surface area contributed by atoms with Gasteiger partial charge in [-0.25, -0.2) is 13.8 Å². The number of aromatic nitrogens is 2. The third-order valence-corrected chi connectivity index (χ3v) is 2.03. The Bertz CT molecular complexity index is 516. The minimum Gasteiger partial charge on any atom is -0.434 e. The molecule has 0 unspecified atom stereocenters. The SMILES string of the molecule is Nc1cnc(Cl)nc1Oc1cc(F)ccc1F. The first-order valence-electron chi connectivity index (χ1n) is 4.47. The smallest absolute Gasteiger partial charge is 0.247 e. The van der Waals surface area contributed by atoms with Gasteiger partial charge in [0.25, 0.3) is 0 Å². The van der Waals surface area contributed by atoms with Crippen LogP contribution in [0, 0.1) is 11.6 Å². The van der Waals surface area contributed by atoms with Gasteiger partial charge >= 0.3 is 0 Å². The monoisotopic (exact) mass is 257 g/mol. The Balaban J connectivity index is 2.37. The molecule has 2 rings (SSSR count). The van der Waals surface area contributed by atoms with Crippen LogP contribution in [0.5, 0.6) is 11.6 Å². The maximum absolute atomic E-state index is 13.3. The molecule has 0 aliphatic carbocycles. The molecule has 17 heavy (non-hydrogen) atoms. The molecule has 0 fully saturated rings. The van der Waals surface area contributed by atoms with Crippen molar-refractivity contribution < 1.29 is 13.5 Å². The number of anilines is 1. The summed E-state index contributed by atoms with van der Waals surface area (Å²) in [6.07, 6.45) is 1.21. The van der Waals surface area contributed by atoms with Crippen molar-refractivity contribution >= 4 is 17.3 Å². The molecule has 7 heteroatoms. The number of halogens is 3. The molecule has 1 aromatic heterocycles. The van der Waals surface area contributed by atoms with Crippen LogP contribution in [0.2, 0.25) is 5.28 Å². The lowest BCUT2D eigenvalue weighted by molar-refractivity contribution is 0.423. The largest absolute Gasteiger partial charge is 0.434 e. The number of nitrogen functional groups attached to an aromatic ring is 1. The number of benzene rings is 1. The highest BCUT2D eigenvalue weighted by atomic mass is 35.5. The molecule has 1 aromatic carbocycles. The first-order chi connectivity index (χ1) is 8.06. The Morgan fingerprint density at radius 3 is 2.82 bits per heavy atom. The maximum atomic E-state index is 13.3. The number of ether oxygens (including phenoxy) is 1. The van der Waals surface area contributed by atoms with Gasteiger partial charge in [0.15, 0.2) is 11.6 Å². The van der Waals surface area contributed by atoms with Crippen LogP contribution in [0.1, 0.15) is 0 Å². The third-order valence-electron chi connectivity index (χ3n) is 1.85. The van der Waals surface area contributed by atoms with Crippen LogP contribution in [-0.4, -0.2) is 9.97 Å². The topological polar surface area (TPSA) is 61.0 Å². The molecule has 0 radical (unpaired) electrons. The number of rotatable bonds is 2. The average molecular weight is 258 g/mol. The van der Waals surface area contributed by atoms with Crippen molar-refractivity contribution in [1.82, 2.24) is 9.97 Å². The Morgan fingerprint density at radius 1 is 1.29 bits per heavy atom. The van der Waals surface area contributed by atoms with Crippen LogP contribution in [0.25, 0.3) is 0 Å². The Kier molecular flexibility index (Phi) is 3.06. The van der Waals surface area contributed by atoms with E-state index in [2.05, 4.69) is 9.97 Å². The van der Waals surface area contributed by atoms with Crippen LogP contribution in [0.15, 0.2) is 24.4 Å². The zero-order valence-electron chi connectivity index (χ0n) is 8.32. The van der Waals surface area contributed by atoms with Crippen molar-refractivity contribution in [3.05, 3.63) is 41.3 Å². The molecule has 4 nitrogen and oxygen atoms in total. The fourth-order valence-electron chi connectivity index (χ4n) is 1.10. The molecule has 0 atom stereocenters. The highest BCUT2D eigenvalue weighted by Gasteiger charge is 2.10. The number of nitrogens with zero attached hydrogens (tertiary/aromatic N) is 2.